The Bertz CT molecular complexity index is 883. The molecule has 1 N–H and O–H groups in total. The van der Waals surface area contributed by atoms with Crippen LogP contribution in [0.1, 0.15) is 25.7 Å². The van der Waals surface area contributed by atoms with Crippen molar-refractivity contribution in [2.45, 2.75) is 25.7 Å². The van der Waals surface area contributed by atoms with Gasteiger partial charge in [-0.3, -0.25) is 0 Å². The molecule has 0 bridgehead atoms. The molecule has 0 amide bonds. The average Bonchev–Trinajstić information content (AvgIpc) is 3.02. The van der Waals surface area contributed by atoms with Crippen LogP contribution in [0.2, 0.25) is 0 Å². The molecular formula is C24H31N3O2. The third-order valence-electron chi connectivity index (χ3n) is 6.21. The Labute approximate surface area is 172 Å². The lowest BCUT2D eigenvalue weighted by Crippen LogP contribution is -2.38. The molecule has 154 valence electrons. The second kappa shape index (κ2) is 8.64. The molecule has 2 aromatic carbocycles. The van der Waals surface area contributed by atoms with E-state index in [2.05, 4.69) is 51.2 Å². The quantitative estimate of drug-likeness (QED) is 0.522. The number of ether oxygens (including phenoxy) is 2. The highest BCUT2D eigenvalue weighted by Gasteiger charge is 2.13. The number of likely N-dealkylation sites (tertiary alicyclic amines) is 2. The Kier molecular flexibility index (Phi) is 5.59. The maximum Gasteiger partial charge on any atom is 0.120 e. The van der Waals surface area contributed by atoms with Gasteiger partial charge in [0, 0.05) is 34.9 Å². The Balaban J connectivity index is 1.22. The number of rotatable bonds is 10. The van der Waals surface area contributed by atoms with Crippen molar-refractivity contribution in [2.24, 2.45) is 0 Å². The van der Waals surface area contributed by atoms with Crippen molar-refractivity contribution >= 4 is 21.8 Å². The van der Waals surface area contributed by atoms with E-state index in [0.717, 1.165) is 61.7 Å². The minimum Gasteiger partial charge on any atom is -0.494 e. The summed E-state index contributed by atoms with van der Waals surface area (Å²) < 4.78 is 12.0. The van der Waals surface area contributed by atoms with E-state index < -0.39 is 0 Å². The maximum absolute atomic E-state index is 6.02. The molecule has 2 aliphatic heterocycles. The lowest BCUT2D eigenvalue weighted by atomic mass is 10.1. The molecule has 0 radical (unpaired) electrons. The average molecular weight is 394 g/mol. The van der Waals surface area contributed by atoms with Gasteiger partial charge in [0.05, 0.1) is 13.2 Å². The number of H-pyrrole nitrogens is 1. The summed E-state index contributed by atoms with van der Waals surface area (Å²) in [6, 6.07) is 12.7. The number of fused-ring (bicyclic) bond motifs is 3. The molecule has 5 nitrogen and oxygen atoms in total. The van der Waals surface area contributed by atoms with E-state index in [1.54, 1.807) is 0 Å². The van der Waals surface area contributed by atoms with E-state index >= 15 is 0 Å². The zero-order chi connectivity index (χ0) is 19.5. The van der Waals surface area contributed by atoms with E-state index in [-0.39, 0.29) is 0 Å². The van der Waals surface area contributed by atoms with Gasteiger partial charge in [-0.2, -0.15) is 0 Å². The Hall–Kier alpha value is -2.24. The highest BCUT2D eigenvalue weighted by Crippen LogP contribution is 2.31. The molecule has 0 unspecified atom stereocenters. The molecule has 2 saturated heterocycles. The third-order valence-corrected chi connectivity index (χ3v) is 6.21. The number of hydrogen-bond acceptors (Lipinski definition) is 4. The summed E-state index contributed by atoms with van der Waals surface area (Å²) >= 11 is 0. The first kappa shape index (κ1) is 18.8. The van der Waals surface area contributed by atoms with E-state index in [1.807, 2.05) is 0 Å². The zero-order valence-corrected chi connectivity index (χ0v) is 17.2. The van der Waals surface area contributed by atoms with Crippen LogP contribution in [0.5, 0.6) is 11.5 Å². The second-order valence-electron chi connectivity index (χ2n) is 8.33. The molecular weight excluding hydrogens is 362 g/mol. The van der Waals surface area contributed by atoms with Crippen LogP contribution in [0.3, 0.4) is 0 Å². The van der Waals surface area contributed by atoms with Gasteiger partial charge >= 0.3 is 0 Å². The predicted molar refractivity (Wildman–Crippen MR) is 118 cm³/mol. The Morgan fingerprint density at radius 2 is 1.17 bits per heavy atom. The molecule has 3 heterocycles. The van der Waals surface area contributed by atoms with Crippen molar-refractivity contribution in [3.63, 3.8) is 0 Å². The Morgan fingerprint density at radius 1 is 0.690 bits per heavy atom. The van der Waals surface area contributed by atoms with Gasteiger partial charge in [0.2, 0.25) is 0 Å². The topological polar surface area (TPSA) is 40.7 Å². The van der Waals surface area contributed by atoms with Gasteiger partial charge in [0.25, 0.3) is 0 Å². The van der Waals surface area contributed by atoms with Crippen molar-refractivity contribution < 1.29 is 9.47 Å². The van der Waals surface area contributed by atoms with Crippen LogP contribution in [0.4, 0.5) is 0 Å². The summed E-state index contributed by atoms with van der Waals surface area (Å²) in [4.78, 5) is 8.47. The molecule has 0 atom stereocenters. The van der Waals surface area contributed by atoms with Crippen LogP contribution >= 0.6 is 0 Å². The van der Waals surface area contributed by atoms with Crippen LogP contribution in [-0.2, 0) is 0 Å². The largest absolute Gasteiger partial charge is 0.494 e. The van der Waals surface area contributed by atoms with Crippen molar-refractivity contribution in [3.8, 4) is 11.5 Å². The highest BCUT2D eigenvalue weighted by molar-refractivity contribution is 6.08. The summed E-state index contributed by atoms with van der Waals surface area (Å²) in [6.07, 6.45) is 4.87. The summed E-state index contributed by atoms with van der Waals surface area (Å²) in [5.74, 6) is 1.89. The molecule has 0 saturated carbocycles. The van der Waals surface area contributed by atoms with Crippen LogP contribution < -0.4 is 9.47 Å². The molecule has 0 aliphatic carbocycles. The van der Waals surface area contributed by atoms with Gasteiger partial charge in [0.15, 0.2) is 0 Å². The van der Waals surface area contributed by atoms with E-state index in [0.29, 0.717) is 0 Å². The van der Waals surface area contributed by atoms with Crippen LogP contribution in [0.15, 0.2) is 36.4 Å². The van der Waals surface area contributed by atoms with Crippen molar-refractivity contribution in [2.75, 3.05) is 52.5 Å². The lowest BCUT2D eigenvalue weighted by Gasteiger charge is -2.30. The molecule has 2 aliphatic rings. The smallest absolute Gasteiger partial charge is 0.120 e. The van der Waals surface area contributed by atoms with Crippen molar-refractivity contribution in [3.05, 3.63) is 36.4 Å². The first-order valence-corrected chi connectivity index (χ1v) is 11.1. The molecule has 0 spiro atoms. The standard InChI is InChI=1S/C24H31N3O2/c1-9-26(10-1)13-3-15-28-19-5-7-23-21(17-19)22-18-20(6-8-24(22)25-23)29-16-4-14-27-11-2-12-27/h5-8,17-18,25H,1-4,9-16H2. The van der Waals surface area contributed by atoms with Gasteiger partial charge in [-0.05, 0) is 88.3 Å². The van der Waals surface area contributed by atoms with Crippen LogP contribution in [0, 0.1) is 0 Å². The van der Waals surface area contributed by atoms with Gasteiger partial charge < -0.3 is 24.3 Å². The normalized spacial score (nSPS) is 17.4. The molecule has 1 aromatic heterocycles. The van der Waals surface area contributed by atoms with Gasteiger partial charge in [-0.1, -0.05) is 0 Å². The minimum absolute atomic E-state index is 0.774. The van der Waals surface area contributed by atoms with Crippen molar-refractivity contribution in [1.29, 1.82) is 0 Å². The van der Waals surface area contributed by atoms with Gasteiger partial charge in [0.1, 0.15) is 11.5 Å². The van der Waals surface area contributed by atoms with Crippen LogP contribution in [-0.4, -0.2) is 67.3 Å². The number of nitrogens with zero attached hydrogens (tertiary/aromatic N) is 2. The molecule has 29 heavy (non-hydrogen) atoms. The third kappa shape index (κ3) is 4.36. The molecule has 3 aromatic rings. The predicted octanol–water partition coefficient (Wildman–Crippen LogP) is 4.27. The minimum atomic E-state index is 0.774. The molecule has 5 rings (SSSR count). The zero-order valence-electron chi connectivity index (χ0n) is 17.2. The maximum atomic E-state index is 6.02. The molecule has 2 fully saturated rings. The fourth-order valence-electron chi connectivity index (χ4n) is 4.20. The second-order valence-corrected chi connectivity index (χ2v) is 8.33. The summed E-state index contributed by atoms with van der Waals surface area (Å²) in [6.45, 7) is 8.86. The number of hydrogen-bond donors (Lipinski definition) is 1. The number of aromatic amines is 1. The van der Waals surface area contributed by atoms with Crippen molar-refractivity contribution in [1.82, 2.24) is 14.8 Å². The van der Waals surface area contributed by atoms with E-state index in [9.17, 15) is 0 Å². The Morgan fingerprint density at radius 3 is 1.59 bits per heavy atom. The first-order valence-electron chi connectivity index (χ1n) is 11.1. The summed E-state index contributed by atoms with van der Waals surface area (Å²) in [5.41, 5.74) is 2.28. The lowest BCUT2D eigenvalue weighted by molar-refractivity contribution is 0.165. The van der Waals surface area contributed by atoms with Gasteiger partial charge in [-0.15, -0.1) is 0 Å². The fourth-order valence-corrected chi connectivity index (χ4v) is 4.20. The van der Waals surface area contributed by atoms with Gasteiger partial charge in [-0.25, -0.2) is 0 Å². The van der Waals surface area contributed by atoms with E-state index in [1.165, 1.54) is 49.8 Å². The summed E-state index contributed by atoms with van der Waals surface area (Å²) in [7, 11) is 0. The first-order chi connectivity index (χ1) is 14.3. The number of aromatic nitrogens is 1. The number of benzene rings is 2. The molecule has 5 heteroatoms. The monoisotopic (exact) mass is 393 g/mol. The highest BCUT2D eigenvalue weighted by atomic mass is 16.5. The van der Waals surface area contributed by atoms with E-state index in [4.69, 9.17) is 9.47 Å². The fraction of sp³-hybridized carbons (Fsp3) is 0.500. The van der Waals surface area contributed by atoms with Crippen LogP contribution in [0.25, 0.3) is 21.8 Å². The number of nitrogens with one attached hydrogen (secondary N) is 1. The summed E-state index contributed by atoms with van der Waals surface area (Å²) in [5, 5.41) is 2.40. The SMILES string of the molecule is c1cc2[nH]c3ccc(OCCCN4CCC4)cc3c2cc1OCCCN1CCC1.